The van der Waals surface area contributed by atoms with Gasteiger partial charge in [0.1, 0.15) is 11.6 Å². The van der Waals surface area contributed by atoms with E-state index in [1.54, 1.807) is 18.6 Å². The van der Waals surface area contributed by atoms with Crippen LogP contribution in [0.1, 0.15) is 11.4 Å². The van der Waals surface area contributed by atoms with Gasteiger partial charge in [-0.15, -0.1) is 0 Å². The van der Waals surface area contributed by atoms with Gasteiger partial charge in [0.15, 0.2) is 0 Å². The maximum atomic E-state index is 12.6. The zero-order valence-corrected chi connectivity index (χ0v) is 18.8. The number of amides is 1. The molecule has 172 valence electrons. The lowest BCUT2D eigenvalue weighted by molar-refractivity contribution is -0.124. The number of hydrogen-bond acceptors (Lipinski definition) is 7. The van der Waals surface area contributed by atoms with Crippen LogP contribution >= 0.6 is 0 Å². The van der Waals surface area contributed by atoms with Gasteiger partial charge in [0.25, 0.3) is 5.56 Å². The lowest BCUT2D eigenvalue weighted by Gasteiger charge is -2.26. The molecule has 0 saturated carbocycles. The predicted octanol–water partition coefficient (Wildman–Crippen LogP) is 2.41. The first-order valence-electron chi connectivity index (χ1n) is 11.2. The summed E-state index contributed by atoms with van der Waals surface area (Å²) in [6.45, 7) is 4.70. The zero-order valence-electron chi connectivity index (χ0n) is 18.8. The van der Waals surface area contributed by atoms with Crippen LogP contribution in [-0.4, -0.2) is 56.9 Å². The van der Waals surface area contributed by atoms with Crippen molar-refractivity contribution in [2.24, 2.45) is 0 Å². The number of pyridine rings is 2. The van der Waals surface area contributed by atoms with Crippen molar-refractivity contribution in [3.8, 4) is 11.3 Å². The first-order valence-corrected chi connectivity index (χ1v) is 11.2. The van der Waals surface area contributed by atoms with Gasteiger partial charge in [0, 0.05) is 49.5 Å². The molecule has 4 heterocycles. The average Bonchev–Trinajstić information content (AvgIpc) is 2.84. The standard InChI is InChI=1S/C25H25N7O2/c1-16-28-13-19(14-29-16)21-12-18-6-8-27-25(34)23(18)24(31-21)30-20-4-2-17(3-5-20)7-10-32-11-9-26-22(33)15-32/h2-6,8,12-14H,7,9-11,15H2,1H3,(H,26,33)(H,27,34)(H,30,31). The fourth-order valence-corrected chi connectivity index (χ4v) is 4.04. The summed E-state index contributed by atoms with van der Waals surface area (Å²) < 4.78 is 0. The molecule has 0 bridgehead atoms. The van der Waals surface area contributed by atoms with Gasteiger partial charge in [0.05, 0.1) is 17.6 Å². The van der Waals surface area contributed by atoms with Crippen molar-refractivity contribution in [3.63, 3.8) is 0 Å². The third-order valence-corrected chi connectivity index (χ3v) is 5.88. The number of nitrogens with zero attached hydrogens (tertiary/aromatic N) is 4. The number of aromatic nitrogens is 4. The molecule has 0 atom stereocenters. The van der Waals surface area contributed by atoms with Crippen LogP contribution in [0.5, 0.6) is 0 Å². The summed E-state index contributed by atoms with van der Waals surface area (Å²) in [6.07, 6.45) is 5.95. The second-order valence-electron chi connectivity index (χ2n) is 8.34. The normalized spacial score (nSPS) is 14.2. The van der Waals surface area contributed by atoms with E-state index >= 15 is 0 Å². The minimum Gasteiger partial charge on any atom is -0.354 e. The Labute approximate surface area is 196 Å². The molecule has 3 N–H and O–H groups in total. The van der Waals surface area contributed by atoms with Crippen molar-refractivity contribution in [1.82, 2.24) is 30.2 Å². The third-order valence-electron chi connectivity index (χ3n) is 5.88. The van der Waals surface area contributed by atoms with Crippen LogP contribution in [0.25, 0.3) is 22.0 Å². The van der Waals surface area contributed by atoms with Crippen LogP contribution in [0.15, 0.2) is 59.8 Å². The van der Waals surface area contributed by atoms with E-state index in [9.17, 15) is 9.59 Å². The number of nitrogens with one attached hydrogen (secondary N) is 3. The molecular formula is C25H25N7O2. The van der Waals surface area contributed by atoms with Gasteiger partial charge in [-0.2, -0.15) is 0 Å². The van der Waals surface area contributed by atoms with Gasteiger partial charge in [-0.25, -0.2) is 15.0 Å². The molecule has 1 aliphatic heterocycles. The van der Waals surface area contributed by atoms with Crippen LogP contribution in [0.2, 0.25) is 0 Å². The molecule has 1 saturated heterocycles. The molecule has 0 radical (unpaired) electrons. The number of rotatable bonds is 6. The average molecular weight is 456 g/mol. The van der Waals surface area contributed by atoms with E-state index in [1.165, 1.54) is 5.56 Å². The van der Waals surface area contributed by atoms with Gasteiger partial charge in [0.2, 0.25) is 5.91 Å². The van der Waals surface area contributed by atoms with Crippen molar-refractivity contribution < 1.29 is 4.79 Å². The fraction of sp³-hybridized carbons (Fsp3) is 0.240. The van der Waals surface area contributed by atoms with Crippen molar-refractivity contribution in [3.05, 3.63) is 76.7 Å². The van der Waals surface area contributed by atoms with E-state index in [-0.39, 0.29) is 11.5 Å². The van der Waals surface area contributed by atoms with Crippen LogP contribution in [-0.2, 0) is 11.2 Å². The van der Waals surface area contributed by atoms with E-state index in [0.29, 0.717) is 35.8 Å². The molecule has 1 aliphatic rings. The summed E-state index contributed by atoms with van der Waals surface area (Å²) in [6, 6.07) is 11.8. The van der Waals surface area contributed by atoms with E-state index in [4.69, 9.17) is 4.98 Å². The van der Waals surface area contributed by atoms with Crippen molar-refractivity contribution in [2.45, 2.75) is 13.3 Å². The Morgan fingerprint density at radius 2 is 1.88 bits per heavy atom. The SMILES string of the molecule is Cc1ncc(-c2cc3cc[nH]c(=O)c3c(Nc3ccc(CCN4CCNC(=O)C4)cc3)n2)cn1. The smallest absolute Gasteiger partial charge is 0.259 e. The Morgan fingerprint density at radius 1 is 1.09 bits per heavy atom. The molecule has 1 amide bonds. The number of anilines is 2. The largest absolute Gasteiger partial charge is 0.354 e. The summed E-state index contributed by atoms with van der Waals surface area (Å²) in [5.41, 5.74) is 3.26. The highest BCUT2D eigenvalue weighted by Crippen LogP contribution is 2.27. The van der Waals surface area contributed by atoms with Crippen LogP contribution in [0.3, 0.4) is 0 Å². The molecule has 34 heavy (non-hydrogen) atoms. The Morgan fingerprint density at radius 3 is 2.65 bits per heavy atom. The van der Waals surface area contributed by atoms with Crippen molar-refractivity contribution in [1.29, 1.82) is 0 Å². The Kier molecular flexibility index (Phi) is 6.01. The highest BCUT2D eigenvalue weighted by atomic mass is 16.2. The first kappa shape index (κ1) is 21.7. The molecule has 4 aromatic rings. The molecule has 5 rings (SSSR count). The molecule has 3 aromatic heterocycles. The van der Waals surface area contributed by atoms with Gasteiger partial charge in [-0.05, 0) is 48.6 Å². The number of fused-ring (bicyclic) bond motifs is 1. The number of carbonyl (C=O) groups is 1. The highest BCUT2D eigenvalue weighted by molar-refractivity contribution is 5.95. The molecule has 0 aliphatic carbocycles. The predicted molar refractivity (Wildman–Crippen MR) is 131 cm³/mol. The minimum atomic E-state index is -0.207. The molecule has 0 spiro atoms. The molecule has 9 heteroatoms. The summed E-state index contributed by atoms with van der Waals surface area (Å²) in [5.74, 6) is 1.24. The van der Waals surface area contributed by atoms with E-state index in [2.05, 4.69) is 42.6 Å². The number of H-pyrrole nitrogens is 1. The van der Waals surface area contributed by atoms with E-state index in [0.717, 1.165) is 36.1 Å². The lowest BCUT2D eigenvalue weighted by atomic mass is 10.1. The molecule has 1 aromatic carbocycles. The number of benzene rings is 1. The lowest BCUT2D eigenvalue weighted by Crippen LogP contribution is -2.48. The summed E-state index contributed by atoms with van der Waals surface area (Å²) in [4.78, 5) is 42.3. The van der Waals surface area contributed by atoms with Crippen molar-refractivity contribution >= 4 is 28.2 Å². The van der Waals surface area contributed by atoms with Gasteiger partial charge < -0.3 is 15.6 Å². The van der Waals surface area contributed by atoms with Crippen LogP contribution in [0.4, 0.5) is 11.5 Å². The topological polar surface area (TPSA) is 116 Å². The Bertz CT molecular complexity index is 1380. The minimum absolute atomic E-state index is 0.0833. The number of hydrogen-bond donors (Lipinski definition) is 3. The monoisotopic (exact) mass is 455 g/mol. The van der Waals surface area contributed by atoms with E-state index < -0.39 is 0 Å². The summed E-state index contributed by atoms with van der Waals surface area (Å²) >= 11 is 0. The first-order chi connectivity index (χ1) is 16.5. The van der Waals surface area contributed by atoms with Gasteiger partial charge in [-0.1, -0.05) is 12.1 Å². The molecule has 1 fully saturated rings. The maximum Gasteiger partial charge on any atom is 0.259 e. The second-order valence-corrected chi connectivity index (χ2v) is 8.34. The van der Waals surface area contributed by atoms with E-state index in [1.807, 2.05) is 31.2 Å². The molecule has 0 unspecified atom stereocenters. The van der Waals surface area contributed by atoms with Crippen LogP contribution < -0.4 is 16.2 Å². The third kappa shape index (κ3) is 4.79. The van der Waals surface area contributed by atoms with Gasteiger partial charge in [-0.3, -0.25) is 14.5 Å². The molecular weight excluding hydrogens is 430 g/mol. The quantitative estimate of drug-likeness (QED) is 0.409. The molecule has 9 nitrogen and oxygen atoms in total. The highest BCUT2D eigenvalue weighted by Gasteiger charge is 2.15. The Hall–Kier alpha value is -4.11. The van der Waals surface area contributed by atoms with Crippen LogP contribution in [0, 0.1) is 6.92 Å². The zero-order chi connectivity index (χ0) is 23.5. The Balaban J connectivity index is 1.39. The van der Waals surface area contributed by atoms with Gasteiger partial charge >= 0.3 is 0 Å². The second kappa shape index (κ2) is 9.40. The maximum absolute atomic E-state index is 12.6. The number of piperazine rings is 1. The number of aromatic amines is 1. The fourth-order valence-electron chi connectivity index (χ4n) is 4.04. The van der Waals surface area contributed by atoms with Crippen molar-refractivity contribution in [2.75, 3.05) is 31.5 Å². The number of carbonyl (C=O) groups excluding carboxylic acids is 1. The summed E-state index contributed by atoms with van der Waals surface area (Å²) in [7, 11) is 0. The number of aryl methyl sites for hydroxylation is 1. The summed E-state index contributed by atoms with van der Waals surface area (Å²) in [5, 5.41) is 7.43.